The first-order valence-electron chi connectivity index (χ1n) is 3.83. The number of nitro groups is 1. The summed E-state index contributed by atoms with van der Waals surface area (Å²) >= 11 is 0. The third-order valence-corrected chi connectivity index (χ3v) is 1.53. The Morgan fingerprint density at radius 1 is 1.64 bits per heavy atom. The molecule has 1 aromatic rings. The smallest absolute Gasteiger partial charge is 0.309 e. The number of carboxylic acids is 1. The Balaban J connectivity index is 3.07. The molecule has 0 radical (unpaired) electrons. The van der Waals surface area contributed by atoms with Crippen molar-refractivity contribution in [3.8, 4) is 0 Å². The van der Waals surface area contributed by atoms with Gasteiger partial charge in [-0.3, -0.25) is 19.9 Å². The monoisotopic (exact) mass is 196 g/mol. The summed E-state index contributed by atoms with van der Waals surface area (Å²) in [6.07, 6.45) is -0.303. The van der Waals surface area contributed by atoms with Gasteiger partial charge in [-0.05, 0) is 6.92 Å². The molecule has 0 spiro atoms. The highest BCUT2D eigenvalue weighted by Gasteiger charge is 2.11. The predicted octanol–water partition coefficient (Wildman–Crippen LogP) is 0.925. The minimum atomic E-state index is -1.06. The maximum absolute atomic E-state index is 10.4. The summed E-state index contributed by atoms with van der Waals surface area (Å²) in [5, 5.41) is 18.9. The van der Waals surface area contributed by atoms with Crippen molar-refractivity contribution >= 4 is 11.7 Å². The summed E-state index contributed by atoms with van der Waals surface area (Å²) in [4.78, 5) is 24.1. The Kier molecular flexibility index (Phi) is 2.76. The van der Waals surface area contributed by atoms with Crippen molar-refractivity contribution in [1.82, 2.24) is 4.98 Å². The lowest BCUT2D eigenvalue weighted by Crippen LogP contribution is -2.04. The number of aliphatic carboxylic acids is 1. The fraction of sp³-hybridized carbons (Fsp3) is 0.250. The number of pyridine rings is 1. The van der Waals surface area contributed by atoms with Gasteiger partial charge in [0.2, 0.25) is 0 Å². The number of nitrogens with zero attached hydrogens (tertiary/aromatic N) is 2. The van der Waals surface area contributed by atoms with Gasteiger partial charge in [0, 0.05) is 17.8 Å². The van der Waals surface area contributed by atoms with Gasteiger partial charge >= 0.3 is 5.97 Å². The highest BCUT2D eigenvalue weighted by molar-refractivity contribution is 5.69. The maximum Gasteiger partial charge on any atom is 0.309 e. The second-order valence-corrected chi connectivity index (χ2v) is 2.79. The van der Waals surface area contributed by atoms with Gasteiger partial charge in [-0.25, -0.2) is 0 Å². The topological polar surface area (TPSA) is 93.3 Å². The Morgan fingerprint density at radius 2 is 2.29 bits per heavy atom. The number of rotatable bonds is 3. The molecule has 1 N–H and O–H groups in total. The number of carbonyl (C=O) groups is 1. The molecule has 14 heavy (non-hydrogen) atoms. The lowest BCUT2D eigenvalue weighted by atomic mass is 10.2. The van der Waals surface area contributed by atoms with Gasteiger partial charge in [0.1, 0.15) is 0 Å². The van der Waals surface area contributed by atoms with Crippen LogP contribution in [0.2, 0.25) is 0 Å². The summed E-state index contributed by atoms with van der Waals surface area (Å²) in [6.45, 7) is 1.58. The average Bonchev–Trinajstić information content (AvgIpc) is 2.01. The molecule has 0 aliphatic heterocycles. The van der Waals surface area contributed by atoms with E-state index >= 15 is 0 Å². The SMILES string of the molecule is Cc1cc([N+](=O)[O-])cc(CC(=O)O)n1. The summed E-state index contributed by atoms with van der Waals surface area (Å²) in [5.74, 6) is -1.06. The molecule has 6 heteroatoms. The molecule has 0 bridgehead atoms. The average molecular weight is 196 g/mol. The number of hydrogen-bond acceptors (Lipinski definition) is 4. The van der Waals surface area contributed by atoms with Crippen molar-refractivity contribution in [2.45, 2.75) is 13.3 Å². The molecule has 0 atom stereocenters. The van der Waals surface area contributed by atoms with Crippen molar-refractivity contribution < 1.29 is 14.8 Å². The first-order valence-corrected chi connectivity index (χ1v) is 3.83. The van der Waals surface area contributed by atoms with Crippen molar-refractivity contribution in [3.05, 3.63) is 33.6 Å². The second kappa shape index (κ2) is 3.82. The molecule has 0 unspecified atom stereocenters. The van der Waals surface area contributed by atoms with E-state index in [2.05, 4.69) is 4.98 Å². The summed E-state index contributed by atoms with van der Waals surface area (Å²) in [7, 11) is 0. The summed E-state index contributed by atoms with van der Waals surface area (Å²) in [5.41, 5.74) is 0.508. The van der Waals surface area contributed by atoms with E-state index < -0.39 is 10.9 Å². The van der Waals surface area contributed by atoms with E-state index in [1.807, 2.05) is 0 Å². The molecule has 0 aliphatic rings. The minimum Gasteiger partial charge on any atom is -0.481 e. The van der Waals surface area contributed by atoms with Gasteiger partial charge in [-0.15, -0.1) is 0 Å². The van der Waals surface area contributed by atoms with Crippen LogP contribution in [0.3, 0.4) is 0 Å². The molecule has 0 saturated carbocycles. The highest BCUT2D eigenvalue weighted by atomic mass is 16.6. The zero-order valence-corrected chi connectivity index (χ0v) is 7.43. The normalized spacial score (nSPS) is 9.79. The third-order valence-electron chi connectivity index (χ3n) is 1.53. The molecule has 0 amide bonds. The van der Waals surface area contributed by atoms with Crippen molar-refractivity contribution in [3.63, 3.8) is 0 Å². The molecule has 0 aromatic carbocycles. The van der Waals surface area contributed by atoms with E-state index in [1.165, 1.54) is 12.1 Å². The van der Waals surface area contributed by atoms with E-state index in [-0.39, 0.29) is 17.8 Å². The van der Waals surface area contributed by atoms with E-state index in [9.17, 15) is 14.9 Å². The standard InChI is InChI=1S/C8H8N2O4/c1-5-2-7(10(13)14)3-6(9-5)4-8(11)12/h2-3H,4H2,1H3,(H,11,12). The molecule has 6 nitrogen and oxygen atoms in total. The van der Waals surface area contributed by atoms with E-state index in [0.717, 1.165) is 0 Å². The molecular weight excluding hydrogens is 188 g/mol. The van der Waals surface area contributed by atoms with Crippen LogP contribution in [0.1, 0.15) is 11.4 Å². The molecule has 1 rings (SSSR count). The number of aryl methyl sites for hydroxylation is 1. The number of hydrogen-bond donors (Lipinski definition) is 1. The van der Waals surface area contributed by atoms with Gasteiger partial charge in [-0.2, -0.15) is 0 Å². The van der Waals surface area contributed by atoms with Crippen LogP contribution in [0.15, 0.2) is 12.1 Å². The number of aromatic nitrogens is 1. The zero-order valence-electron chi connectivity index (χ0n) is 7.43. The van der Waals surface area contributed by atoms with Crippen LogP contribution < -0.4 is 0 Å². The molecule has 1 heterocycles. The van der Waals surface area contributed by atoms with Crippen LogP contribution in [0.25, 0.3) is 0 Å². The Hall–Kier alpha value is -1.98. The van der Waals surface area contributed by atoms with Gasteiger partial charge in [0.25, 0.3) is 5.69 Å². The first-order chi connectivity index (χ1) is 6.49. The van der Waals surface area contributed by atoms with Crippen LogP contribution in [-0.2, 0) is 11.2 Å². The van der Waals surface area contributed by atoms with Gasteiger partial charge in [0.05, 0.1) is 17.0 Å². The summed E-state index contributed by atoms with van der Waals surface area (Å²) < 4.78 is 0. The molecule has 1 aromatic heterocycles. The molecular formula is C8H8N2O4. The van der Waals surface area contributed by atoms with Crippen molar-refractivity contribution in [2.24, 2.45) is 0 Å². The lowest BCUT2D eigenvalue weighted by molar-refractivity contribution is -0.385. The first kappa shape index (κ1) is 10.1. The van der Waals surface area contributed by atoms with Crippen LogP contribution >= 0.6 is 0 Å². The Labute approximate surface area is 79.4 Å². The highest BCUT2D eigenvalue weighted by Crippen LogP contribution is 2.13. The second-order valence-electron chi connectivity index (χ2n) is 2.79. The van der Waals surface area contributed by atoms with Crippen molar-refractivity contribution in [2.75, 3.05) is 0 Å². The fourth-order valence-electron chi connectivity index (χ4n) is 1.07. The quantitative estimate of drug-likeness (QED) is 0.573. The van der Waals surface area contributed by atoms with E-state index in [1.54, 1.807) is 6.92 Å². The zero-order chi connectivity index (χ0) is 10.7. The van der Waals surface area contributed by atoms with Gasteiger partial charge in [0.15, 0.2) is 0 Å². The lowest BCUT2D eigenvalue weighted by Gasteiger charge is -1.98. The Bertz CT molecular complexity index is 389. The van der Waals surface area contributed by atoms with Crippen LogP contribution in [0.4, 0.5) is 5.69 Å². The molecule has 0 fully saturated rings. The molecule has 0 aliphatic carbocycles. The molecule has 74 valence electrons. The largest absolute Gasteiger partial charge is 0.481 e. The van der Waals surface area contributed by atoms with E-state index in [0.29, 0.717) is 5.69 Å². The van der Waals surface area contributed by atoms with E-state index in [4.69, 9.17) is 5.11 Å². The number of carboxylic acid groups (broad SMARTS) is 1. The predicted molar refractivity (Wildman–Crippen MR) is 47.0 cm³/mol. The molecule has 0 saturated heterocycles. The third kappa shape index (κ3) is 2.51. The van der Waals surface area contributed by atoms with Gasteiger partial charge < -0.3 is 5.11 Å². The Morgan fingerprint density at radius 3 is 2.79 bits per heavy atom. The fourth-order valence-corrected chi connectivity index (χ4v) is 1.07. The minimum absolute atomic E-state index is 0.131. The van der Waals surface area contributed by atoms with Crippen LogP contribution in [0.5, 0.6) is 0 Å². The van der Waals surface area contributed by atoms with Crippen molar-refractivity contribution in [1.29, 1.82) is 0 Å². The van der Waals surface area contributed by atoms with Crippen LogP contribution in [0, 0.1) is 17.0 Å². The summed E-state index contributed by atoms with van der Waals surface area (Å²) in [6, 6.07) is 2.46. The van der Waals surface area contributed by atoms with Gasteiger partial charge in [-0.1, -0.05) is 0 Å². The van der Waals surface area contributed by atoms with Crippen LogP contribution in [-0.4, -0.2) is 21.0 Å². The maximum atomic E-state index is 10.4.